The van der Waals surface area contributed by atoms with Crippen LogP contribution in [0.1, 0.15) is 19.8 Å². The monoisotopic (exact) mass is 213 g/mol. The summed E-state index contributed by atoms with van der Waals surface area (Å²) in [6.07, 6.45) is 1.77. The lowest BCUT2D eigenvalue weighted by atomic mass is 10.1. The van der Waals surface area contributed by atoms with Crippen LogP contribution in [0.2, 0.25) is 0 Å². The van der Waals surface area contributed by atoms with Gasteiger partial charge in [0, 0.05) is 6.54 Å². The predicted octanol–water partition coefficient (Wildman–Crippen LogP) is 0.947. The smallest absolute Gasteiger partial charge is 0.233 e. The Bertz CT molecular complexity index is 255. The van der Waals surface area contributed by atoms with E-state index in [2.05, 4.69) is 19.6 Å². The summed E-state index contributed by atoms with van der Waals surface area (Å²) in [7, 11) is 0. The Kier molecular flexibility index (Phi) is 2.56. The van der Waals surface area contributed by atoms with Gasteiger partial charge in [0.05, 0.1) is 11.8 Å². The average molecular weight is 213 g/mol. The minimum absolute atomic E-state index is 0.0416. The summed E-state index contributed by atoms with van der Waals surface area (Å²) in [5, 5.41) is 0. The Morgan fingerprint density at radius 3 is 2.43 bits per heavy atom. The van der Waals surface area contributed by atoms with Gasteiger partial charge >= 0.3 is 0 Å². The molecule has 78 valence electrons. The van der Waals surface area contributed by atoms with E-state index in [0.717, 1.165) is 18.6 Å². The molecular formula is C10H15NO2S. The van der Waals surface area contributed by atoms with Crippen molar-refractivity contribution in [2.75, 3.05) is 12.3 Å². The summed E-state index contributed by atoms with van der Waals surface area (Å²) < 4.78 is 0. The third-order valence-electron chi connectivity index (χ3n) is 3.23. The van der Waals surface area contributed by atoms with Crippen LogP contribution in [-0.4, -0.2) is 29.0 Å². The SMILES string of the molecule is CCC(CS)CN1C(=O)C2CC2C1=O. The number of hydrogen-bond donors (Lipinski definition) is 1. The lowest BCUT2D eigenvalue weighted by Gasteiger charge is -2.21. The molecule has 3 nitrogen and oxygen atoms in total. The van der Waals surface area contributed by atoms with E-state index in [1.807, 2.05) is 0 Å². The molecule has 14 heavy (non-hydrogen) atoms. The Hall–Kier alpha value is -0.510. The van der Waals surface area contributed by atoms with Crippen LogP contribution < -0.4 is 0 Å². The van der Waals surface area contributed by atoms with Gasteiger partial charge in [0.2, 0.25) is 11.8 Å². The van der Waals surface area contributed by atoms with Crippen LogP contribution in [0, 0.1) is 17.8 Å². The van der Waals surface area contributed by atoms with E-state index >= 15 is 0 Å². The largest absolute Gasteiger partial charge is 0.282 e. The van der Waals surface area contributed by atoms with Gasteiger partial charge in [-0.2, -0.15) is 12.6 Å². The maximum absolute atomic E-state index is 11.6. The zero-order valence-corrected chi connectivity index (χ0v) is 9.17. The highest BCUT2D eigenvalue weighted by Crippen LogP contribution is 2.47. The Morgan fingerprint density at radius 1 is 1.43 bits per heavy atom. The van der Waals surface area contributed by atoms with E-state index < -0.39 is 0 Å². The van der Waals surface area contributed by atoms with Crippen molar-refractivity contribution in [3.8, 4) is 0 Å². The van der Waals surface area contributed by atoms with Crippen LogP contribution in [0.25, 0.3) is 0 Å². The Balaban J connectivity index is 1.98. The number of carbonyl (C=O) groups is 2. The van der Waals surface area contributed by atoms with E-state index in [0.29, 0.717) is 12.5 Å². The average Bonchev–Trinajstić information content (AvgIpc) is 2.93. The zero-order valence-electron chi connectivity index (χ0n) is 8.27. The number of thiol groups is 1. The van der Waals surface area contributed by atoms with Gasteiger partial charge in [-0.25, -0.2) is 0 Å². The van der Waals surface area contributed by atoms with Gasteiger partial charge in [-0.1, -0.05) is 13.3 Å². The fraction of sp³-hybridized carbons (Fsp3) is 0.800. The third-order valence-corrected chi connectivity index (χ3v) is 3.75. The van der Waals surface area contributed by atoms with Crippen molar-refractivity contribution in [2.24, 2.45) is 17.8 Å². The van der Waals surface area contributed by atoms with Gasteiger partial charge in [-0.05, 0) is 18.1 Å². The van der Waals surface area contributed by atoms with Crippen LogP contribution in [-0.2, 0) is 9.59 Å². The first-order chi connectivity index (χ1) is 6.69. The highest BCUT2D eigenvalue weighted by atomic mass is 32.1. The molecule has 0 aromatic heterocycles. The van der Waals surface area contributed by atoms with E-state index in [-0.39, 0.29) is 23.7 Å². The Labute approximate surface area is 89.3 Å². The molecule has 1 saturated carbocycles. The molecule has 1 heterocycles. The number of hydrogen-bond acceptors (Lipinski definition) is 3. The molecule has 2 rings (SSSR count). The molecule has 2 aliphatic rings. The lowest BCUT2D eigenvalue weighted by Crippen LogP contribution is -2.37. The second kappa shape index (κ2) is 3.57. The van der Waals surface area contributed by atoms with Crippen molar-refractivity contribution >= 4 is 24.4 Å². The molecule has 0 bridgehead atoms. The van der Waals surface area contributed by atoms with Gasteiger partial charge in [0.15, 0.2) is 0 Å². The zero-order chi connectivity index (χ0) is 10.3. The minimum atomic E-state index is 0.0416. The summed E-state index contributed by atoms with van der Waals surface area (Å²) >= 11 is 4.21. The normalized spacial score (nSPS) is 32.0. The molecule has 2 fully saturated rings. The minimum Gasteiger partial charge on any atom is -0.282 e. The third kappa shape index (κ3) is 1.45. The quantitative estimate of drug-likeness (QED) is 0.557. The van der Waals surface area contributed by atoms with E-state index in [1.54, 1.807) is 0 Å². The number of imide groups is 1. The molecule has 0 aromatic rings. The molecule has 3 atom stereocenters. The van der Waals surface area contributed by atoms with Gasteiger partial charge in [-0.3, -0.25) is 14.5 Å². The summed E-state index contributed by atoms with van der Waals surface area (Å²) in [6, 6.07) is 0. The number of rotatable bonds is 4. The first-order valence-corrected chi connectivity index (χ1v) is 5.78. The number of amides is 2. The summed E-state index contributed by atoms with van der Waals surface area (Å²) in [5.74, 6) is 1.28. The summed E-state index contributed by atoms with van der Waals surface area (Å²) in [4.78, 5) is 24.7. The van der Waals surface area contributed by atoms with Gasteiger partial charge in [0.1, 0.15) is 0 Å². The molecule has 0 spiro atoms. The lowest BCUT2D eigenvalue weighted by molar-refractivity contribution is -0.141. The molecule has 0 aromatic carbocycles. The highest BCUT2D eigenvalue weighted by Gasteiger charge is 2.58. The van der Waals surface area contributed by atoms with Gasteiger partial charge in [0.25, 0.3) is 0 Å². The molecule has 1 saturated heterocycles. The molecule has 3 unspecified atom stereocenters. The van der Waals surface area contributed by atoms with Gasteiger partial charge < -0.3 is 0 Å². The van der Waals surface area contributed by atoms with Crippen LogP contribution in [0.5, 0.6) is 0 Å². The fourth-order valence-electron chi connectivity index (χ4n) is 2.00. The number of piperidine rings is 1. The van der Waals surface area contributed by atoms with Crippen LogP contribution in [0.3, 0.4) is 0 Å². The molecule has 1 aliphatic heterocycles. The second-order valence-corrected chi connectivity index (χ2v) is 4.56. The molecule has 2 amide bonds. The number of nitrogens with zero attached hydrogens (tertiary/aromatic N) is 1. The highest BCUT2D eigenvalue weighted by molar-refractivity contribution is 7.80. The van der Waals surface area contributed by atoms with Crippen molar-refractivity contribution < 1.29 is 9.59 Å². The van der Waals surface area contributed by atoms with Crippen LogP contribution in [0.4, 0.5) is 0 Å². The van der Waals surface area contributed by atoms with E-state index in [1.165, 1.54) is 4.90 Å². The standard InChI is InChI=1S/C10H15NO2S/c1-2-6(5-14)4-11-9(12)7-3-8(7)10(11)13/h6-8,14H,2-5H2,1H3. The molecular weight excluding hydrogens is 198 g/mol. The topological polar surface area (TPSA) is 37.4 Å². The summed E-state index contributed by atoms with van der Waals surface area (Å²) in [5.41, 5.74) is 0. The number of fused-ring (bicyclic) bond motifs is 1. The van der Waals surface area contributed by atoms with Crippen LogP contribution >= 0.6 is 12.6 Å². The maximum atomic E-state index is 11.6. The Morgan fingerprint density at radius 2 is 2.00 bits per heavy atom. The first kappa shape index (κ1) is 10.0. The molecule has 4 heteroatoms. The first-order valence-electron chi connectivity index (χ1n) is 5.15. The van der Waals surface area contributed by atoms with Crippen molar-refractivity contribution in [1.82, 2.24) is 4.90 Å². The van der Waals surface area contributed by atoms with Crippen molar-refractivity contribution in [3.05, 3.63) is 0 Å². The van der Waals surface area contributed by atoms with Crippen LogP contribution in [0.15, 0.2) is 0 Å². The maximum Gasteiger partial charge on any atom is 0.233 e. The molecule has 0 radical (unpaired) electrons. The fourth-order valence-corrected chi connectivity index (χ4v) is 2.38. The van der Waals surface area contributed by atoms with Gasteiger partial charge in [-0.15, -0.1) is 0 Å². The second-order valence-electron chi connectivity index (χ2n) is 4.19. The molecule has 0 N–H and O–H groups in total. The van der Waals surface area contributed by atoms with Crippen molar-refractivity contribution in [1.29, 1.82) is 0 Å². The van der Waals surface area contributed by atoms with E-state index in [9.17, 15) is 9.59 Å². The van der Waals surface area contributed by atoms with Crippen molar-refractivity contribution in [2.45, 2.75) is 19.8 Å². The van der Waals surface area contributed by atoms with E-state index in [4.69, 9.17) is 0 Å². The number of carbonyl (C=O) groups excluding carboxylic acids is 2. The summed E-state index contributed by atoms with van der Waals surface area (Å²) in [6.45, 7) is 2.64. The molecule has 1 aliphatic carbocycles. The number of likely N-dealkylation sites (tertiary alicyclic amines) is 1. The predicted molar refractivity (Wildman–Crippen MR) is 56.0 cm³/mol. The van der Waals surface area contributed by atoms with Crippen molar-refractivity contribution in [3.63, 3.8) is 0 Å².